The molecule has 0 saturated carbocycles. The lowest BCUT2D eigenvalue weighted by Gasteiger charge is -2.30. The van der Waals surface area contributed by atoms with Gasteiger partial charge in [0.05, 0.1) is 50.9 Å². The number of furan rings is 1. The highest BCUT2D eigenvalue weighted by Gasteiger charge is 2.20. The van der Waals surface area contributed by atoms with Crippen molar-refractivity contribution in [1.82, 2.24) is 15.2 Å². The molecule has 0 bridgehead atoms. The summed E-state index contributed by atoms with van der Waals surface area (Å²) in [7, 11) is -1.54. The molecule has 2 aromatic rings. The number of carbonyl (C=O) groups excluding carboxylic acids is 1. The normalized spacial score (nSPS) is 16.5. The Morgan fingerprint density at radius 2 is 1.88 bits per heavy atom. The van der Waals surface area contributed by atoms with Crippen LogP contribution in [0.4, 0.5) is 0 Å². The monoisotopic (exact) mass is 379 g/mol. The molecule has 26 heavy (non-hydrogen) atoms. The minimum absolute atomic E-state index is 0.0724. The summed E-state index contributed by atoms with van der Waals surface area (Å²) in [4.78, 5) is 13.8. The quantitative estimate of drug-likeness (QED) is 0.613. The largest absolute Gasteiger partial charge is 0.468 e. The van der Waals surface area contributed by atoms with Gasteiger partial charge in [-0.2, -0.15) is 0 Å². The van der Waals surface area contributed by atoms with Crippen molar-refractivity contribution in [2.75, 3.05) is 33.2 Å². The van der Waals surface area contributed by atoms with E-state index >= 15 is 0 Å². The van der Waals surface area contributed by atoms with Crippen molar-refractivity contribution in [2.24, 2.45) is 0 Å². The van der Waals surface area contributed by atoms with E-state index in [0.29, 0.717) is 11.3 Å². The molecule has 3 rings (SSSR count). The van der Waals surface area contributed by atoms with E-state index in [2.05, 4.69) is 17.2 Å². The number of likely N-dealkylation sites (N-methyl/N-ethyl adjacent to an activating group) is 1. The lowest BCUT2D eigenvalue weighted by Crippen LogP contribution is -3.12. The van der Waals surface area contributed by atoms with Crippen molar-refractivity contribution < 1.29 is 22.5 Å². The summed E-state index contributed by atoms with van der Waals surface area (Å²) < 4.78 is 32.2. The number of nitrogens with one attached hydrogen (secondary N) is 3. The fourth-order valence-corrected chi connectivity index (χ4v) is 3.65. The Morgan fingerprint density at radius 3 is 2.50 bits per heavy atom. The molecule has 140 valence electrons. The van der Waals surface area contributed by atoms with Gasteiger partial charge in [-0.3, -0.25) is 10.2 Å². The Bertz CT molecular complexity index is 826. The van der Waals surface area contributed by atoms with E-state index in [1.54, 1.807) is 12.1 Å². The molecular weight excluding hydrogens is 356 g/mol. The summed E-state index contributed by atoms with van der Waals surface area (Å²) in [6.07, 6.45) is 1.48. The van der Waals surface area contributed by atoms with Crippen LogP contribution in [0.15, 0.2) is 52.0 Å². The molecule has 2 heterocycles. The zero-order chi connectivity index (χ0) is 18.6. The number of rotatable bonds is 6. The Morgan fingerprint density at radius 1 is 1.19 bits per heavy atom. The summed E-state index contributed by atoms with van der Waals surface area (Å²) in [6, 6.07) is 9.26. The van der Waals surface area contributed by atoms with Crippen molar-refractivity contribution >= 4 is 15.9 Å². The second-order valence-corrected chi connectivity index (χ2v) is 8.08. The van der Waals surface area contributed by atoms with E-state index in [0.717, 1.165) is 26.2 Å². The maximum absolute atomic E-state index is 12.3. The molecule has 0 atom stereocenters. The molecule has 0 spiro atoms. The van der Waals surface area contributed by atoms with E-state index < -0.39 is 10.0 Å². The minimum Gasteiger partial charge on any atom is -0.468 e. The number of hydrogen-bond donors (Lipinski definition) is 3. The van der Waals surface area contributed by atoms with Gasteiger partial charge in [0.2, 0.25) is 10.0 Å². The third kappa shape index (κ3) is 4.70. The fourth-order valence-electron chi connectivity index (χ4n) is 2.66. The first-order chi connectivity index (χ1) is 12.4. The summed E-state index contributed by atoms with van der Waals surface area (Å²) >= 11 is 0. The van der Waals surface area contributed by atoms with Crippen LogP contribution in [-0.2, 0) is 16.6 Å². The number of piperazine rings is 1. The molecule has 8 nitrogen and oxygen atoms in total. The Balaban J connectivity index is 1.59. The zero-order valence-electron chi connectivity index (χ0n) is 14.6. The van der Waals surface area contributed by atoms with E-state index in [1.807, 2.05) is 5.01 Å². The third-order valence-corrected chi connectivity index (χ3v) is 5.74. The maximum atomic E-state index is 12.3. The van der Waals surface area contributed by atoms with Crippen molar-refractivity contribution in [1.29, 1.82) is 0 Å². The summed E-state index contributed by atoms with van der Waals surface area (Å²) in [5.74, 6) is 0.288. The van der Waals surface area contributed by atoms with E-state index in [1.165, 1.54) is 35.4 Å². The third-order valence-electron chi connectivity index (χ3n) is 4.32. The molecule has 1 fully saturated rings. The van der Waals surface area contributed by atoms with Gasteiger partial charge in [0.1, 0.15) is 5.76 Å². The maximum Gasteiger partial charge on any atom is 0.265 e. The minimum atomic E-state index is -3.67. The van der Waals surface area contributed by atoms with Gasteiger partial charge in [0.25, 0.3) is 5.91 Å². The highest BCUT2D eigenvalue weighted by atomic mass is 32.2. The first-order valence-electron chi connectivity index (χ1n) is 8.43. The number of carbonyl (C=O) groups is 1. The summed E-state index contributed by atoms with van der Waals surface area (Å²) in [5.41, 5.74) is 3.28. The van der Waals surface area contributed by atoms with Crippen molar-refractivity contribution in [3.8, 4) is 0 Å². The molecule has 1 saturated heterocycles. The number of sulfonamides is 1. The summed E-state index contributed by atoms with van der Waals surface area (Å²) in [6.45, 7) is 3.60. The highest BCUT2D eigenvalue weighted by molar-refractivity contribution is 7.89. The number of hydrazine groups is 1. The van der Waals surface area contributed by atoms with Crippen LogP contribution in [-0.4, -0.2) is 52.6 Å². The number of nitrogens with zero attached hydrogens (tertiary/aromatic N) is 1. The van der Waals surface area contributed by atoms with Gasteiger partial charge < -0.3 is 9.32 Å². The van der Waals surface area contributed by atoms with Crippen LogP contribution in [0.2, 0.25) is 0 Å². The predicted molar refractivity (Wildman–Crippen MR) is 94.8 cm³/mol. The molecule has 1 aliphatic rings. The van der Waals surface area contributed by atoms with Crippen LogP contribution < -0.4 is 15.0 Å². The summed E-state index contributed by atoms with van der Waals surface area (Å²) in [5, 5.41) is 1.89. The van der Waals surface area contributed by atoms with E-state index in [-0.39, 0.29) is 17.3 Å². The molecule has 1 aliphatic heterocycles. The molecule has 0 aliphatic carbocycles. The van der Waals surface area contributed by atoms with Crippen LogP contribution in [0.1, 0.15) is 16.1 Å². The molecule has 1 amide bonds. The fraction of sp³-hybridized carbons (Fsp3) is 0.353. The van der Waals surface area contributed by atoms with E-state index in [4.69, 9.17) is 4.42 Å². The molecule has 1 aromatic heterocycles. The van der Waals surface area contributed by atoms with Gasteiger partial charge >= 0.3 is 0 Å². The molecular formula is C17H23N4O4S+. The molecule has 1 aromatic carbocycles. The standard InChI is InChI=1S/C17H22N4O4S/c1-20-8-10-21(11-9-20)19-17(22)14-4-6-16(7-5-14)26(23,24)18-13-15-3-2-12-25-15/h2-7,12,18H,8-11,13H2,1H3,(H,19,22)/p+1. The van der Waals surface area contributed by atoms with Gasteiger partial charge in [0, 0.05) is 5.56 Å². The van der Waals surface area contributed by atoms with Gasteiger partial charge in [-0.15, -0.1) is 0 Å². The van der Waals surface area contributed by atoms with Gasteiger partial charge in [-0.05, 0) is 36.4 Å². The molecule has 0 unspecified atom stereocenters. The highest BCUT2D eigenvalue weighted by Crippen LogP contribution is 2.12. The topological polar surface area (TPSA) is 96.1 Å². The van der Waals surface area contributed by atoms with Crippen LogP contribution >= 0.6 is 0 Å². The second kappa shape index (κ2) is 8.00. The van der Waals surface area contributed by atoms with Gasteiger partial charge in [-0.25, -0.2) is 18.1 Å². The Hall–Kier alpha value is -2.20. The van der Waals surface area contributed by atoms with Crippen LogP contribution in [0.5, 0.6) is 0 Å². The first kappa shape index (κ1) is 18.6. The Kier molecular flexibility index (Phi) is 5.72. The number of amides is 1. The number of hydrogen-bond acceptors (Lipinski definition) is 5. The second-order valence-electron chi connectivity index (χ2n) is 6.31. The van der Waals surface area contributed by atoms with Crippen molar-refractivity contribution in [3.05, 3.63) is 54.0 Å². The van der Waals surface area contributed by atoms with Crippen LogP contribution in [0, 0.1) is 0 Å². The first-order valence-corrected chi connectivity index (χ1v) is 9.92. The molecule has 9 heteroatoms. The van der Waals surface area contributed by atoms with Gasteiger partial charge in [0.15, 0.2) is 0 Å². The van der Waals surface area contributed by atoms with Crippen molar-refractivity contribution in [3.63, 3.8) is 0 Å². The van der Waals surface area contributed by atoms with Crippen molar-refractivity contribution in [2.45, 2.75) is 11.4 Å². The van der Waals surface area contributed by atoms with E-state index in [9.17, 15) is 13.2 Å². The lowest BCUT2D eigenvalue weighted by molar-refractivity contribution is -0.884. The molecule has 0 radical (unpaired) electrons. The SMILES string of the molecule is C[NH+]1CCN(NC(=O)c2ccc(S(=O)(=O)NCc3ccco3)cc2)CC1. The van der Waals surface area contributed by atoms with Crippen LogP contribution in [0.25, 0.3) is 0 Å². The molecule has 3 N–H and O–H groups in total. The van der Waals surface area contributed by atoms with Gasteiger partial charge in [-0.1, -0.05) is 0 Å². The number of benzene rings is 1. The van der Waals surface area contributed by atoms with Crippen LogP contribution in [0.3, 0.4) is 0 Å². The zero-order valence-corrected chi connectivity index (χ0v) is 15.4. The number of quaternary nitrogens is 1. The lowest BCUT2D eigenvalue weighted by atomic mass is 10.2. The Labute approximate surface area is 152 Å². The smallest absolute Gasteiger partial charge is 0.265 e. The average Bonchev–Trinajstić information content (AvgIpc) is 3.16. The predicted octanol–water partition coefficient (Wildman–Crippen LogP) is -0.767. The average molecular weight is 379 g/mol.